The van der Waals surface area contributed by atoms with Gasteiger partial charge >= 0.3 is 6.01 Å². The summed E-state index contributed by atoms with van der Waals surface area (Å²) >= 11 is 0. The van der Waals surface area contributed by atoms with E-state index in [1.165, 1.54) is 30.5 Å². The van der Waals surface area contributed by atoms with Crippen LogP contribution in [0.3, 0.4) is 0 Å². The van der Waals surface area contributed by atoms with Crippen LogP contribution >= 0.6 is 0 Å². The molecule has 2 aromatic heterocycles. The van der Waals surface area contributed by atoms with Crippen LogP contribution in [0, 0.1) is 24.0 Å². The Morgan fingerprint density at radius 1 is 1.11 bits per heavy atom. The molecule has 4 aliphatic heterocycles. The first kappa shape index (κ1) is 28.3. The second-order valence-electron chi connectivity index (χ2n) is 12.9. The Morgan fingerprint density at radius 2 is 1.93 bits per heavy atom. The summed E-state index contributed by atoms with van der Waals surface area (Å²) in [7, 11) is 0. The van der Waals surface area contributed by atoms with Gasteiger partial charge in [0.25, 0.3) is 0 Å². The summed E-state index contributed by atoms with van der Waals surface area (Å²) in [5.41, 5.74) is -0.478. The van der Waals surface area contributed by atoms with E-state index in [1.807, 2.05) is 0 Å². The van der Waals surface area contributed by atoms with Crippen LogP contribution in [-0.2, 0) is 0 Å². The van der Waals surface area contributed by atoms with E-state index >= 15 is 4.39 Å². The largest absolute Gasteiger partial charge is 0.508 e. The molecule has 2 aromatic carbocycles. The first-order valence-corrected chi connectivity index (χ1v) is 15.6. The average Bonchev–Trinajstić information content (AvgIpc) is 3.56. The van der Waals surface area contributed by atoms with Gasteiger partial charge in [0, 0.05) is 55.3 Å². The molecule has 4 saturated heterocycles. The summed E-state index contributed by atoms with van der Waals surface area (Å²) < 4.78 is 52.5. The van der Waals surface area contributed by atoms with Crippen molar-refractivity contribution in [2.75, 3.05) is 37.7 Å². The van der Waals surface area contributed by atoms with Gasteiger partial charge in [-0.3, -0.25) is 9.88 Å². The Kier molecular flexibility index (Phi) is 6.76. The Hall–Kier alpha value is -4.14. The number of piperazine rings is 1. The minimum atomic E-state index is -0.919. The maximum absolute atomic E-state index is 16.8. The maximum Gasteiger partial charge on any atom is 0.319 e. The number of alkyl halides is 1. The normalized spacial score (nSPS) is 26.4. The van der Waals surface area contributed by atoms with E-state index in [0.717, 1.165) is 38.6 Å². The number of pyridine rings is 1. The van der Waals surface area contributed by atoms with Gasteiger partial charge in [-0.2, -0.15) is 9.97 Å². The number of halogens is 3. The van der Waals surface area contributed by atoms with E-state index in [9.17, 15) is 13.9 Å². The van der Waals surface area contributed by atoms with Crippen LogP contribution in [0.5, 0.6) is 11.8 Å². The van der Waals surface area contributed by atoms with Crippen molar-refractivity contribution in [3.8, 4) is 35.4 Å². The summed E-state index contributed by atoms with van der Waals surface area (Å²) in [6.07, 6.45) is 11.6. The molecule has 8 nitrogen and oxygen atoms in total. The van der Waals surface area contributed by atoms with Crippen molar-refractivity contribution >= 4 is 27.5 Å². The van der Waals surface area contributed by atoms with Crippen molar-refractivity contribution in [2.24, 2.45) is 0 Å². The number of piperidine rings is 1. The molecule has 0 aliphatic carbocycles. The van der Waals surface area contributed by atoms with E-state index in [-0.39, 0.29) is 46.1 Å². The fraction of sp³-hybridized carbons (Fsp3) is 0.441. The van der Waals surface area contributed by atoms with Gasteiger partial charge in [0.1, 0.15) is 41.4 Å². The highest BCUT2D eigenvalue weighted by Gasteiger charge is 2.48. The number of hydrogen-bond acceptors (Lipinski definition) is 8. The second-order valence-corrected chi connectivity index (χ2v) is 12.9. The first-order valence-electron chi connectivity index (χ1n) is 15.6. The third-order valence-electron chi connectivity index (χ3n) is 10.1. The molecule has 0 spiro atoms. The Balaban J connectivity index is 1.27. The molecule has 2 bridgehead atoms. The van der Waals surface area contributed by atoms with E-state index in [1.54, 1.807) is 0 Å². The van der Waals surface area contributed by atoms with Crippen LogP contribution in [0.4, 0.5) is 19.0 Å². The van der Waals surface area contributed by atoms with E-state index in [0.29, 0.717) is 54.7 Å². The van der Waals surface area contributed by atoms with Crippen LogP contribution in [0.25, 0.3) is 32.9 Å². The van der Waals surface area contributed by atoms with Crippen molar-refractivity contribution in [2.45, 2.75) is 62.3 Å². The zero-order valence-electron chi connectivity index (χ0n) is 24.7. The highest BCUT2D eigenvalue weighted by molar-refractivity contribution is 6.03. The zero-order chi connectivity index (χ0) is 30.9. The molecule has 2 N–H and O–H groups in total. The van der Waals surface area contributed by atoms with E-state index in [2.05, 4.69) is 31.0 Å². The van der Waals surface area contributed by atoms with E-state index < -0.39 is 23.3 Å². The number of nitrogens with one attached hydrogen (secondary N) is 1. The number of terminal acetylenes is 1. The van der Waals surface area contributed by atoms with Gasteiger partial charge in [-0.05, 0) is 55.8 Å². The molecule has 4 atom stereocenters. The minimum absolute atomic E-state index is 0.00572. The lowest BCUT2D eigenvalue weighted by molar-refractivity contribution is 0.0388. The molecule has 0 amide bonds. The lowest BCUT2D eigenvalue weighted by Gasteiger charge is -2.41. The van der Waals surface area contributed by atoms with Crippen LogP contribution in [-0.4, -0.2) is 81.5 Å². The number of nitrogens with zero attached hydrogens (tertiary/aromatic N) is 5. The molecule has 45 heavy (non-hydrogen) atoms. The third-order valence-corrected chi connectivity index (χ3v) is 10.1. The number of aromatic hydroxyl groups is 1. The van der Waals surface area contributed by atoms with E-state index in [4.69, 9.17) is 16.1 Å². The second kappa shape index (κ2) is 10.7. The minimum Gasteiger partial charge on any atom is -0.508 e. The number of ether oxygens (including phenoxy) is 1. The van der Waals surface area contributed by atoms with Crippen molar-refractivity contribution in [3.05, 3.63) is 47.7 Å². The molecule has 0 saturated carbocycles. The predicted molar refractivity (Wildman–Crippen MR) is 165 cm³/mol. The number of anilines is 1. The Morgan fingerprint density at radius 3 is 2.73 bits per heavy atom. The van der Waals surface area contributed by atoms with Crippen LogP contribution < -0.4 is 15.0 Å². The number of phenolic OH excluding ortho intramolecular Hbond substituents is 1. The van der Waals surface area contributed by atoms with Crippen molar-refractivity contribution in [1.29, 1.82) is 0 Å². The average molecular weight is 615 g/mol. The standard InChI is InChI=1S/C34H33F3N6O2/c1-2-24-27(36)8-5-19-11-23(44)12-25(28(19)24)30-29(37)31-26(14-38-30)32(42-16-21-6-7-22(17-42)39-21)41-33(40-31)45-18-34-9-3-4-10-43(34)15-20(35)13-34/h1,5,8,11-12,14,20-22,39,44H,3-4,6-7,9-10,13,15-18H2/t20-,21?,22?,34+/m1/s1. The number of fused-ring (bicyclic) bond motifs is 5. The topological polar surface area (TPSA) is 86.6 Å². The van der Waals surface area contributed by atoms with Gasteiger partial charge in [-0.15, -0.1) is 6.42 Å². The molecule has 232 valence electrons. The molecule has 2 unspecified atom stereocenters. The number of hydrogen-bond donors (Lipinski definition) is 2. The number of benzene rings is 2. The molecule has 8 rings (SSSR count). The monoisotopic (exact) mass is 614 g/mol. The smallest absolute Gasteiger partial charge is 0.319 e. The van der Waals surface area contributed by atoms with Gasteiger partial charge < -0.3 is 20.1 Å². The third kappa shape index (κ3) is 4.73. The van der Waals surface area contributed by atoms with Gasteiger partial charge in [0.05, 0.1) is 16.5 Å². The van der Waals surface area contributed by atoms with Gasteiger partial charge in [-0.1, -0.05) is 18.4 Å². The number of phenols is 1. The molecule has 11 heteroatoms. The van der Waals surface area contributed by atoms with Crippen molar-refractivity contribution < 1.29 is 23.0 Å². The molecular formula is C34H33F3N6O2. The lowest BCUT2D eigenvalue weighted by atomic mass is 9.87. The molecular weight excluding hydrogens is 581 g/mol. The Labute approximate surface area is 258 Å². The summed E-state index contributed by atoms with van der Waals surface area (Å²) in [6.45, 7) is 2.79. The highest BCUT2D eigenvalue weighted by Crippen LogP contribution is 2.41. The molecule has 4 aliphatic rings. The SMILES string of the molecule is C#Cc1c(F)ccc2cc(O)cc(-c3ncc4c(N5CC6CCC(C5)N6)nc(OC[C@@]56CCCCN5C[C@H](F)C6)nc4c3F)c12. The molecule has 0 radical (unpaired) electrons. The van der Waals surface area contributed by atoms with Crippen LogP contribution in [0.2, 0.25) is 0 Å². The van der Waals surface area contributed by atoms with Crippen molar-refractivity contribution in [3.63, 3.8) is 0 Å². The summed E-state index contributed by atoms with van der Waals surface area (Å²) in [5.74, 6) is 1.36. The summed E-state index contributed by atoms with van der Waals surface area (Å²) in [6, 6.07) is 6.08. The van der Waals surface area contributed by atoms with Gasteiger partial charge in [0.15, 0.2) is 5.82 Å². The summed E-state index contributed by atoms with van der Waals surface area (Å²) in [5, 5.41) is 15.3. The summed E-state index contributed by atoms with van der Waals surface area (Å²) in [4.78, 5) is 18.2. The lowest BCUT2D eigenvalue weighted by Crippen LogP contribution is -2.52. The molecule has 4 fully saturated rings. The quantitative estimate of drug-likeness (QED) is 0.301. The first-order chi connectivity index (χ1) is 21.8. The number of rotatable bonds is 5. The van der Waals surface area contributed by atoms with Gasteiger partial charge in [0.2, 0.25) is 0 Å². The van der Waals surface area contributed by atoms with Crippen LogP contribution in [0.15, 0.2) is 30.5 Å². The fourth-order valence-corrected chi connectivity index (χ4v) is 8.04. The highest BCUT2D eigenvalue weighted by atomic mass is 19.1. The van der Waals surface area contributed by atoms with Crippen LogP contribution in [0.1, 0.15) is 44.1 Å². The maximum atomic E-state index is 16.8. The fourth-order valence-electron chi connectivity index (χ4n) is 8.04. The number of aromatic nitrogens is 3. The van der Waals surface area contributed by atoms with Crippen molar-refractivity contribution in [1.82, 2.24) is 25.2 Å². The Bertz CT molecular complexity index is 1870. The molecule has 4 aromatic rings. The molecule has 6 heterocycles. The zero-order valence-corrected chi connectivity index (χ0v) is 24.7. The predicted octanol–water partition coefficient (Wildman–Crippen LogP) is 5.10. The van der Waals surface area contributed by atoms with Gasteiger partial charge in [-0.25, -0.2) is 13.2 Å².